The molecule has 0 N–H and O–H groups in total. The molecule has 0 amide bonds. The molecule has 0 unspecified atom stereocenters. The number of rotatable bonds is 3. The third-order valence-electron chi connectivity index (χ3n) is 3.81. The van der Waals surface area contributed by atoms with Crippen LogP contribution >= 0.6 is 11.3 Å². The Balaban J connectivity index is 1.73. The predicted octanol–water partition coefficient (Wildman–Crippen LogP) is 4.24. The van der Waals surface area contributed by atoms with E-state index in [9.17, 15) is 4.39 Å². The Morgan fingerprint density at radius 3 is 2.80 bits per heavy atom. The average Bonchev–Trinajstić information content (AvgIpc) is 2.91. The number of piperidine rings is 1. The lowest BCUT2D eigenvalue weighted by atomic mass is 10.1. The van der Waals surface area contributed by atoms with Crippen LogP contribution in [0.3, 0.4) is 0 Å². The molecule has 4 heteroatoms. The molecule has 1 aliphatic rings. The lowest BCUT2D eigenvalue weighted by molar-refractivity contribution is 0.220. The zero-order valence-electron chi connectivity index (χ0n) is 11.7. The maximum Gasteiger partial charge on any atom is 0.126 e. The fourth-order valence-electron chi connectivity index (χ4n) is 2.63. The smallest absolute Gasteiger partial charge is 0.126 e. The van der Waals surface area contributed by atoms with E-state index in [4.69, 9.17) is 4.98 Å². The van der Waals surface area contributed by atoms with Crippen molar-refractivity contribution in [2.24, 2.45) is 0 Å². The number of likely N-dealkylation sites (tertiary alicyclic amines) is 1. The highest BCUT2D eigenvalue weighted by molar-refractivity contribution is 7.09. The molecule has 2 heterocycles. The monoisotopic (exact) mass is 290 g/mol. The largest absolute Gasteiger partial charge is 0.297 e. The number of thiazole rings is 1. The molecule has 0 spiro atoms. The fourth-order valence-corrected chi connectivity index (χ4v) is 3.47. The predicted molar refractivity (Wildman–Crippen MR) is 81.4 cm³/mol. The van der Waals surface area contributed by atoms with Gasteiger partial charge >= 0.3 is 0 Å². The minimum Gasteiger partial charge on any atom is -0.297 e. The van der Waals surface area contributed by atoms with Crippen LogP contribution in [0.25, 0.3) is 11.3 Å². The Labute approximate surface area is 123 Å². The van der Waals surface area contributed by atoms with Crippen molar-refractivity contribution in [3.8, 4) is 11.3 Å². The van der Waals surface area contributed by atoms with Gasteiger partial charge < -0.3 is 0 Å². The summed E-state index contributed by atoms with van der Waals surface area (Å²) in [6, 6.07) is 5.20. The fraction of sp³-hybridized carbons (Fsp3) is 0.438. The van der Waals surface area contributed by atoms with E-state index in [1.54, 1.807) is 18.3 Å². The molecule has 2 nitrogen and oxygen atoms in total. The van der Waals surface area contributed by atoms with Gasteiger partial charge in [0, 0.05) is 10.9 Å². The average molecular weight is 290 g/mol. The number of aromatic nitrogens is 1. The van der Waals surface area contributed by atoms with Gasteiger partial charge in [0.25, 0.3) is 0 Å². The number of hydrogen-bond donors (Lipinski definition) is 0. The summed E-state index contributed by atoms with van der Waals surface area (Å²) in [5, 5.41) is 3.23. The van der Waals surface area contributed by atoms with Gasteiger partial charge in [-0.25, -0.2) is 9.37 Å². The number of halogens is 1. The van der Waals surface area contributed by atoms with Crippen molar-refractivity contribution in [3.05, 3.63) is 40.0 Å². The third-order valence-corrected chi connectivity index (χ3v) is 4.65. The van der Waals surface area contributed by atoms with Crippen molar-refractivity contribution < 1.29 is 4.39 Å². The van der Waals surface area contributed by atoms with Crippen LogP contribution in [-0.4, -0.2) is 23.0 Å². The lowest BCUT2D eigenvalue weighted by Gasteiger charge is -2.25. The zero-order chi connectivity index (χ0) is 13.9. The number of benzene rings is 1. The van der Waals surface area contributed by atoms with E-state index in [1.807, 2.05) is 12.1 Å². The van der Waals surface area contributed by atoms with Crippen LogP contribution in [0.2, 0.25) is 0 Å². The van der Waals surface area contributed by atoms with Gasteiger partial charge in [-0.1, -0.05) is 6.42 Å². The standard InChI is InChI=1S/C16H19FN2S/c1-12-9-13(5-6-14(12)17)15-11-20-16(18-15)10-19-7-3-2-4-8-19/h5-6,9,11H,2-4,7-8,10H2,1H3. The van der Waals surface area contributed by atoms with Crippen molar-refractivity contribution in [1.82, 2.24) is 9.88 Å². The van der Waals surface area contributed by atoms with Gasteiger partial charge in [-0.3, -0.25) is 4.90 Å². The summed E-state index contributed by atoms with van der Waals surface area (Å²) in [7, 11) is 0. The highest BCUT2D eigenvalue weighted by Crippen LogP contribution is 2.25. The zero-order valence-corrected chi connectivity index (χ0v) is 12.5. The molecule has 1 aromatic heterocycles. The molecule has 0 aliphatic carbocycles. The van der Waals surface area contributed by atoms with E-state index in [-0.39, 0.29) is 5.82 Å². The summed E-state index contributed by atoms with van der Waals surface area (Å²) in [6.07, 6.45) is 3.96. The highest BCUT2D eigenvalue weighted by atomic mass is 32.1. The van der Waals surface area contributed by atoms with E-state index < -0.39 is 0 Å². The second-order valence-electron chi connectivity index (χ2n) is 5.43. The summed E-state index contributed by atoms with van der Waals surface area (Å²) in [6.45, 7) is 5.11. The maximum absolute atomic E-state index is 13.3. The van der Waals surface area contributed by atoms with E-state index in [1.165, 1.54) is 38.4 Å². The Hall–Kier alpha value is -1.26. The molecular weight excluding hydrogens is 271 g/mol. The van der Waals surface area contributed by atoms with E-state index >= 15 is 0 Å². The first-order chi connectivity index (χ1) is 9.72. The Kier molecular flexibility index (Phi) is 4.13. The molecular formula is C16H19FN2S. The van der Waals surface area contributed by atoms with Crippen LogP contribution in [0.15, 0.2) is 23.6 Å². The lowest BCUT2D eigenvalue weighted by Crippen LogP contribution is -2.28. The van der Waals surface area contributed by atoms with Gasteiger partial charge in [-0.15, -0.1) is 11.3 Å². The normalized spacial score (nSPS) is 16.5. The second-order valence-corrected chi connectivity index (χ2v) is 6.37. The minimum atomic E-state index is -0.155. The van der Waals surface area contributed by atoms with Gasteiger partial charge in [0.05, 0.1) is 12.2 Å². The topological polar surface area (TPSA) is 16.1 Å². The van der Waals surface area contributed by atoms with E-state index in [0.717, 1.165) is 22.8 Å². The van der Waals surface area contributed by atoms with E-state index in [2.05, 4.69) is 10.3 Å². The number of hydrogen-bond acceptors (Lipinski definition) is 3. The molecule has 20 heavy (non-hydrogen) atoms. The van der Waals surface area contributed by atoms with Crippen LogP contribution in [-0.2, 0) is 6.54 Å². The molecule has 1 saturated heterocycles. The molecule has 0 bridgehead atoms. The van der Waals surface area contributed by atoms with Crippen molar-refractivity contribution in [1.29, 1.82) is 0 Å². The van der Waals surface area contributed by atoms with Crippen molar-refractivity contribution >= 4 is 11.3 Å². The molecule has 1 aromatic carbocycles. The molecule has 0 saturated carbocycles. The highest BCUT2D eigenvalue weighted by Gasteiger charge is 2.13. The van der Waals surface area contributed by atoms with Crippen molar-refractivity contribution in [2.45, 2.75) is 32.7 Å². The molecule has 1 aliphatic heterocycles. The summed E-state index contributed by atoms with van der Waals surface area (Å²) in [5.74, 6) is -0.155. The molecule has 2 aromatic rings. The number of aryl methyl sites for hydroxylation is 1. The minimum absolute atomic E-state index is 0.155. The summed E-state index contributed by atoms with van der Waals surface area (Å²) in [5.41, 5.74) is 2.64. The molecule has 106 valence electrons. The van der Waals surface area contributed by atoms with Crippen LogP contribution in [0.1, 0.15) is 29.8 Å². The van der Waals surface area contributed by atoms with Crippen LogP contribution in [0.5, 0.6) is 0 Å². The molecule has 0 radical (unpaired) electrons. The van der Waals surface area contributed by atoms with Crippen molar-refractivity contribution in [3.63, 3.8) is 0 Å². The molecule has 3 rings (SSSR count). The first-order valence-corrected chi connectivity index (χ1v) is 8.03. The Morgan fingerprint density at radius 2 is 2.05 bits per heavy atom. The number of nitrogens with zero attached hydrogens (tertiary/aromatic N) is 2. The Bertz CT molecular complexity index is 588. The van der Waals surface area contributed by atoms with Gasteiger partial charge in [-0.2, -0.15) is 0 Å². The summed E-state index contributed by atoms with van der Waals surface area (Å²) in [4.78, 5) is 7.17. The molecule has 1 fully saturated rings. The van der Waals surface area contributed by atoms with Crippen molar-refractivity contribution in [2.75, 3.05) is 13.1 Å². The Morgan fingerprint density at radius 1 is 1.25 bits per heavy atom. The van der Waals surface area contributed by atoms with E-state index in [0.29, 0.717) is 5.56 Å². The quantitative estimate of drug-likeness (QED) is 0.840. The third kappa shape index (κ3) is 3.07. The van der Waals surface area contributed by atoms with Crippen LogP contribution < -0.4 is 0 Å². The van der Waals surface area contributed by atoms with Gasteiger partial charge in [-0.05, 0) is 56.6 Å². The first kappa shape index (κ1) is 13.7. The summed E-state index contributed by atoms with van der Waals surface area (Å²) < 4.78 is 13.3. The maximum atomic E-state index is 13.3. The van der Waals surface area contributed by atoms with Gasteiger partial charge in [0.15, 0.2) is 0 Å². The van der Waals surface area contributed by atoms with Gasteiger partial charge in [0.2, 0.25) is 0 Å². The van der Waals surface area contributed by atoms with Crippen LogP contribution in [0, 0.1) is 12.7 Å². The van der Waals surface area contributed by atoms with Gasteiger partial charge in [0.1, 0.15) is 10.8 Å². The molecule has 0 atom stereocenters. The first-order valence-electron chi connectivity index (χ1n) is 7.15. The summed E-state index contributed by atoms with van der Waals surface area (Å²) >= 11 is 1.70. The second kappa shape index (κ2) is 6.02. The SMILES string of the molecule is Cc1cc(-c2csc(CN3CCCCC3)n2)ccc1F. The van der Waals surface area contributed by atoms with Crippen LogP contribution in [0.4, 0.5) is 4.39 Å².